The molecule has 7 heteroatoms. The molecule has 0 atom stereocenters. The predicted octanol–water partition coefficient (Wildman–Crippen LogP) is 4.32. The average molecular weight is 440 g/mol. The Hall–Kier alpha value is -2.83. The lowest BCUT2D eigenvalue weighted by molar-refractivity contribution is -0.115. The van der Waals surface area contributed by atoms with Gasteiger partial charge in [-0.1, -0.05) is 30.2 Å². The number of fused-ring (bicyclic) bond motifs is 1. The van der Waals surface area contributed by atoms with Gasteiger partial charge in [-0.2, -0.15) is 0 Å². The molecule has 162 valence electrons. The maximum atomic E-state index is 12.5. The number of ether oxygens (including phenoxy) is 1. The van der Waals surface area contributed by atoms with Crippen LogP contribution in [0.4, 0.5) is 5.69 Å². The smallest absolute Gasteiger partial charge is 0.291 e. The van der Waals surface area contributed by atoms with Gasteiger partial charge in [0, 0.05) is 17.1 Å². The van der Waals surface area contributed by atoms with Crippen molar-refractivity contribution in [1.82, 2.24) is 10.2 Å². The van der Waals surface area contributed by atoms with Gasteiger partial charge in [-0.3, -0.25) is 9.59 Å². The van der Waals surface area contributed by atoms with Crippen LogP contribution in [0.15, 0.2) is 48.2 Å². The maximum absolute atomic E-state index is 12.5. The molecule has 2 aromatic rings. The molecule has 2 aromatic carbocycles. The number of benzene rings is 2. The van der Waals surface area contributed by atoms with Crippen molar-refractivity contribution in [2.75, 3.05) is 31.5 Å². The van der Waals surface area contributed by atoms with Gasteiger partial charge in [0.1, 0.15) is 0 Å². The van der Waals surface area contributed by atoms with E-state index in [4.69, 9.17) is 16.3 Å². The van der Waals surface area contributed by atoms with Crippen molar-refractivity contribution >= 4 is 35.2 Å². The first-order chi connectivity index (χ1) is 15.1. The molecule has 31 heavy (non-hydrogen) atoms. The van der Waals surface area contributed by atoms with E-state index in [0.717, 1.165) is 31.6 Å². The van der Waals surface area contributed by atoms with Crippen LogP contribution in [-0.4, -0.2) is 42.9 Å². The maximum Gasteiger partial charge on any atom is 0.291 e. The lowest BCUT2D eigenvalue weighted by Crippen LogP contribution is -2.33. The van der Waals surface area contributed by atoms with Crippen molar-refractivity contribution in [1.29, 1.82) is 0 Å². The van der Waals surface area contributed by atoms with Gasteiger partial charge in [0.25, 0.3) is 11.8 Å². The SMILES string of the molecule is O=C1Nc2cc(C(=O)NCCCN3CCCCC3)ccc2O/C1=C\c1ccc(Cl)cc1. The Morgan fingerprint density at radius 2 is 1.90 bits per heavy atom. The summed E-state index contributed by atoms with van der Waals surface area (Å²) in [5.74, 6) is 0.172. The minimum atomic E-state index is -0.360. The minimum Gasteiger partial charge on any atom is -0.449 e. The summed E-state index contributed by atoms with van der Waals surface area (Å²) in [6, 6.07) is 12.2. The highest BCUT2D eigenvalue weighted by atomic mass is 35.5. The summed E-state index contributed by atoms with van der Waals surface area (Å²) in [6.07, 6.45) is 6.44. The van der Waals surface area contributed by atoms with E-state index in [1.54, 1.807) is 48.5 Å². The third-order valence-corrected chi connectivity index (χ3v) is 5.74. The second kappa shape index (κ2) is 9.98. The highest BCUT2D eigenvalue weighted by Gasteiger charge is 2.23. The summed E-state index contributed by atoms with van der Waals surface area (Å²) < 4.78 is 5.76. The Bertz CT molecular complexity index is 982. The molecule has 0 unspecified atom stereocenters. The standard InChI is InChI=1S/C24H26ClN3O3/c25-19-8-5-17(6-9-19)15-22-24(30)27-20-16-18(7-10-21(20)31-22)23(29)26-11-4-14-28-12-2-1-3-13-28/h5-10,15-16H,1-4,11-14H2,(H,26,29)(H,27,30)/b22-15-. The minimum absolute atomic E-state index is 0.154. The summed E-state index contributed by atoms with van der Waals surface area (Å²) in [7, 11) is 0. The number of nitrogens with one attached hydrogen (secondary N) is 2. The number of carbonyl (C=O) groups excluding carboxylic acids is 2. The third kappa shape index (κ3) is 5.66. The number of halogens is 1. The molecule has 0 bridgehead atoms. The van der Waals surface area contributed by atoms with Gasteiger partial charge in [-0.05, 0) is 80.9 Å². The molecular formula is C24H26ClN3O3. The van der Waals surface area contributed by atoms with Crippen molar-refractivity contribution in [3.63, 3.8) is 0 Å². The van der Waals surface area contributed by atoms with Crippen LogP contribution in [0.5, 0.6) is 5.75 Å². The third-order valence-electron chi connectivity index (χ3n) is 5.49. The zero-order valence-electron chi connectivity index (χ0n) is 17.3. The number of rotatable bonds is 6. The molecule has 2 heterocycles. The number of hydrogen-bond donors (Lipinski definition) is 2. The first kappa shape index (κ1) is 21.4. The molecular weight excluding hydrogens is 414 g/mol. The number of anilines is 1. The van der Waals surface area contributed by atoms with Crippen LogP contribution in [0.1, 0.15) is 41.6 Å². The number of hydrogen-bond acceptors (Lipinski definition) is 4. The van der Waals surface area contributed by atoms with Gasteiger partial charge in [0.15, 0.2) is 11.5 Å². The van der Waals surface area contributed by atoms with Crippen molar-refractivity contribution in [2.45, 2.75) is 25.7 Å². The van der Waals surface area contributed by atoms with Gasteiger partial charge in [0.05, 0.1) is 5.69 Å². The van der Waals surface area contributed by atoms with Crippen molar-refractivity contribution in [2.24, 2.45) is 0 Å². The normalized spacial score (nSPS) is 17.6. The summed E-state index contributed by atoms with van der Waals surface area (Å²) >= 11 is 5.90. The molecule has 2 N–H and O–H groups in total. The van der Waals surface area contributed by atoms with Crippen LogP contribution < -0.4 is 15.4 Å². The van der Waals surface area contributed by atoms with Crippen LogP contribution in [-0.2, 0) is 4.79 Å². The Balaban J connectivity index is 1.34. The van der Waals surface area contributed by atoms with E-state index in [1.165, 1.54) is 19.3 Å². The Labute approximate surface area is 187 Å². The molecule has 2 aliphatic heterocycles. The van der Waals surface area contributed by atoms with Crippen molar-refractivity contribution < 1.29 is 14.3 Å². The molecule has 1 fully saturated rings. The summed E-state index contributed by atoms with van der Waals surface area (Å²) in [6.45, 7) is 3.96. The zero-order valence-corrected chi connectivity index (χ0v) is 18.1. The van der Waals surface area contributed by atoms with Crippen molar-refractivity contribution in [3.05, 3.63) is 64.4 Å². The lowest BCUT2D eigenvalue weighted by atomic mass is 10.1. The number of amides is 2. The summed E-state index contributed by atoms with van der Waals surface area (Å²) in [4.78, 5) is 27.4. The van der Waals surface area contributed by atoms with Gasteiger partial charge in [-0.15, -0.1) is 0 Å². The number of piperidine rings is 1. The molecule has 0 spiro atoms. The van der Waals surface area contributed by atoms with E-state index in [0.29, 0.717) is 28.6 Å². The monoisotopic (exact) mass is 439 g/mol. The van der Waals surface area contributed by atoms with Gasteiger partial charge in [-0.25, -0.2) is 0 Å². The summed E-state index contributed by atoms with van der Waals surface area (Å²) in [5, 5.41) is 6.39. The second-order valence-corrected chi connectivity index (χ2v) is 8.28. The molecule has 6 nitrogen and oxygen atoms in total. The Morgan fingerprint density at radius 1 is 1.13 bits per heavy atom. The second-order valence-electron chi connectivity index (χ2n) is 7.84. The van der Waals surface area contributed by atoms with Crippen LogP contribution >= 0.6 is 11.6 Å². The van der Waals surface area contributed by atoms with Crippen LogP contribution in [0.25, 0.3) is 6.08 Å². The van der Waals surface area contributed by atoms with E-state index in [-0.39, 0.29) is 17.6 Å². The molecule has 1 saturated heterocycles. The quantitative estimate of drug-likeness (QED) is 0.519. The molecule has 0 radical (unpaired) electrons. The first-order valence-electron chi connectivity index (χ1n) is 10.7. The fourth-order valence-corrected chi connectivity index (χ4v) is 3.93. The van der Waals surface area contributed by atoms with Gasteiger partial charge < -0.3 is 20.3 Å². The van der Waals surface area contributed by atoms with E-state index < -0.39 is 0 Å². The fourth-order valence-electron chi connectivity index (χ4n) is 3.80. The number of likely N-dealkylation sites (tertiary alicyclic amines) is 1. The van der Waals surface area contributed by atoms with Gasteiger partial charge in [0.2, 0.25) is 0 Å². The molecule has 2 amide bonds. The van der Waals surface area contributed by atoms with E-state index >= 15 is 0 Å². The van der Waals surface area contributed by atoms with E-state index in [1.807, 2.05) is 0 Å². The van der Waals surface area contributed by atoms with Crippen LogP contribution in [0.2, 0.25) is 5.02 Å². The molecule has 0 aromatic heterocycles. The van der Waals surface area contributed by atoms with E-state index in [2.05, 4.69) is 15.5 Å². The highest BCUT2D eigenvalue weighted by molar-refractivity contribution is 6.30. The number of carbonyl (C=O) groups is 2. The molecule has 0 saturated carbocycles. The highest BCUT2D eigenvalue weighted by Crippen LogP contribution is 2.32. The first-order valence-corrected chi connectivity index (χ1v) is 11.1. The fraction of sp³-hybridized carbons (Fsp3) is 0.333. The van der Waals surface area contributed by atoms with Crippen LogP contribution in [0, 0.1) is 0 Å². The van der Waals surface area contributed by atoms with Crippen molar-refractivity contribution in [3.8, 4) is 5.75 Å². The molecule has 4 rings (SSSR count). The Kier molecular flexibility index (Phi) is 6.89. The average Bonchev–Trinajstić information content (AvgIpc) is 2.79. The largest absolute Gasteiger partial charge is 0.449 e. The number of nitrogens with zero attached hydrogens (tertiary/aromatic N) is 1. The zero-order chi connectivity index (χ0) is 21.6. The topological polar surface area (TPSA) is 70.7 Å². The molecule has 0 aliphatic carbocycles. The summed E-state index contributed by atoms with van der Waals surface area (Å²) in [5.41, 5.74) is 1.78. The van der Waals surface area contributed by atoms with Gasteiger partial charge >= 0.3 is 0 Å². The van der Waals surface area contributed by atoms with E-state index in [9.17, 15) is 9.59 Å². The Morgan fingerprint density at radius 3 is 2.68 bits per heavy atom. The lowest BCUT2D eigenvalue weighted by Gasteiger charge is -2.26. The van der Waals surface area contributed by atoms with Crippen LogP contribution in [0.3, 0.4) is 0 Å². The predicted molar refractivity (Wildman–Crippen MR) is 122 cm³/mol. The molecule has 2 aliphatic rings.